The second-order valence-corrected chi connectivity index (χ2v) is 7.93. The predicted molar refractivity (Wildman–Crippen MR) is 97.5 cm³/mol. The summed E-state index contributed by atoms with van der Waals surface area (Å²) >= 11 is 0. The van der Waals surface area contributed by atoms with E-state index >= 15 is 0 Å². The molecule has 0 fully saturated rings. The Labute approximate surface area is 131 Å². The number of hydrogen-bond acceptors (Lipinski definition) is 0. The summed E-state index contributed by atoms with van der Waals surface area (Å²) in [7, 11) is 0. The van der Waals surface area contributed by atoms with Gasteiger partial charge in [-0.05, 0) is 91.1 Å². The lowest BCUT2D eigenvalue weighted by atomic mass is 9.88. The fraction of sp³-hybridized carbons (Fsp3) is 0.524. The Balaban J connectivity index is 0.000000383. The van der Waals surface area contributed by atoms with Gasteiger partial charge >= 0.3 is 0 Å². The van der Waals surface area contributed by atoms with Crippen LogP contribution in [0, 0.1) is 47.0 Å². The van der Waals surface area contributed by atoms with E-state index < -0.39 is 0 Å². The van der Waals surface area contributed by atoms with E-state index in [9.17, 15) is 0 Å². The molecular weight excluding hydrogens is 252 g/mol. The van der Waals surface area contributed by atoms with Gasteiger partial charge in [0, 0.05) is 0 Å². The van der Waals surface area contributed by atoms with E-state index in [-0.39, 0.29) is 0 Å². The standard InChI is InChI=1S/C16H20.C5H12/c1-9-7-8-15-13(5)11(3)12(4)14(6)16(15)10(9)2;1-5(2,3)4/h7-8H,1-6H3;1-4H3. The van der Waals surface area contributed by atoms with E-state index in [0.29, 0.717) is 5.41 Å². The minimum Gasteiger partial charge on any atom is -0.0604 e. The molecule has 116 valence electrons. The predicted octanol–water partition coefficient (Wildman–Crippen LogP) is 6.74. The Bertz CT molecular complexity index is 646. The van der Waals surface area contributed by atoms with Gasteiger partial charge in [-0.25, -0.2) is 0 Å². The number of rotatable bonds is 0. The average molecular weight is 284 g/mol. The molecule has 0 atom stereocenters. The van der Waals surface area contributed by atoms with Gasteiger partial charge in [0.05, 0.1) is 0 Å². The van der Waals surface area contributed by atoms with E-state index in [0.717, 1.165) is 0 Å². The summed E-state index contributed by atoms with van der Waals surface area (Å²) < 4.78 is 0. The molecule has 0 bridgehead atoms. The maximum atomic E-state index is 2.27. The smallest absolute Gasteiger partial charge is 0.0117 e. The molecule has 0 aromatic heterocycles. The van der Waals surface area contributed by atoms with Gasteiger partial charge in [-0.2, -0.15) is 0 Å². The quantitative estimate of drug-likeness (QED) is 0.502. The zero-order valence-electron chi connectivity index (χ0n) is 15.7. The minimum atomic E-state index is 0.500. The summed E-state index contributed by atoms with van der Waals surface area (Å²) in [6.07, 6.45) is 0. The summed E-state index contributed by atoms with van der Waals surface area (Å²) in [5.41, 5.74) is 9.08. The van der Waals surface area contributed by atoms with E-state index in [1.54, 1.807) is 0 Å². The Morgan fingerprint density at radius 2 is 1.00 bits per heavy atom. The lowest BCUT2D eigenvalue weighted by Crippen LogP contribution is -1.96. The van der Waals surface area contributed by atoms with Gasteiger partial charge in [0.15, 0.2) is 0 Å². The molecule has 0 saturated heterocycles. The molecule has 0 N–H and O–H groups in total. The third-order valence-electron chi connectivity index (χ3n) is 4.20. The van der Waals surface area contributed by atoms with Crippen molar-refractivity contribution in [3.63, 3.8) is 0 Å². The molecule has 2 rings (SSSR count). The van der Waals surface area contributed by atoms with Crippen LogP contribution in [0.25, 0.3) is 10.8 Å². The van der Waals surface area contributed by atoms with Crippen LogP contribution >= 0.6 is 0 Å². The molecule has 0 amide bonds. The molecule has 0 saturated carbocycles. The maximum Gasteiger partial charge on any atom is -0.0117 e. The molecule has 0 aliphatic rings. The molecule has 2 aromatic carbocycles. The van der Waals surface area contributed by atoms with Crippen LogP contribution in [0.2, 0.25) is 0 Å². The van der Waals surface area contributed by atoms with Crippen LogP contribution < -0.4 is 0 Å². The summed E-state index contributed by atoms with van der Waals surface area (Å²) in [5.74, 6) is 0. The van der Waals surface area contributed by atoms with E-state index in [4.69, 9.17) is 0 Å². The molecule has 21 heavy (non-hydrogen) atoms. The van der Waals surface area contributed by atoms with Crippen LogP contribution in [0.3, 0.4) is 0 Å². The topological polar surface area (TPSA) is 0 Å². The first-order valence-corrected chi connectivity index (χ1v) is 7.91. The normalized spacial score (nSPS) is 11.3. The van der Waals surface area contributed by atoms with Crippen molar-refractivity contribution in [1.29, 1.82) is 0 Å². The highest BCUT2D eigenvalue weighted by Gasteiger charge is 2.11. The molecule has 0 aliphatic carbocycles. The van der Waals surface area contributed by atoms with Crippen molar-refractivity contribution >= 4 is 10.8 Å². The van der Waals surface area contributed by atoms with Crippen molar-refractivity contribution in [1.82, 2.24) is 0 Å². The van der Waals surface area contributed by atoms with Crippen LogP contribution in [0.15, 0.2) is 12.1 Å². The van der Waals surface area contributed by atoms with Crippen LogP contribution in [0.5, 0.6) is 0 Å². The van der Waals surface area contributed by atoms with Gasteiger partial charge < -0.3 is 0 Å². The average Bonchev–Trinajstić information content (AvgIpc) is 2.35. The first-order valence-electron chi connectivity index (χ1n) is 7.91. The number of fused-ring (bicyclic) bond motifs is 1. The van der Waals surface area contributed by atoms with E-state index in [1.165, 1.54) is 44.2 Å². The van der Waals surface area contributed by atoms with Crippen molar-refractivity contribution < 1.29 is 0 Å². The highest BCUT2D eigenvalue weighted by Crippen LogP contribution is 2.32. The molecule has 0 aliphatic heterocycles. The molecule has 0 spiro atoms. The zero-order valence-corrected chi connectivity index (χ0v) is 15.7. The van der Waals surface area contributed by atoms with E-state index in [1.807, 2.05) is 0 Å². The van der Waals surface area contributed by atoms with Crippen molar-refractivity contribution in [3.05, 3.63) is 45.5 Å². The largest absolute Gasteiger partial charge is 0.0604 e. The van der Waals surface area contributed by atoms with Crippen molar-refractivity contribution in [2.45, 2.75) is 69.2 Å². The minimum absolute atomic E-state index is 0.500. The Hall–Kier alpha value is -1.30. The lowest BCUT2D eigenvalue weighted by Gasteiger charge is -2.17. The van der Waals surface area contributed by atoms with Gasteiger partial charge in [-0.1, -0.05) is 39.8 Å². The van der Waals surface area contributed by atoms with Crippen LogP contribution in [-0.4, -0.2) is 0 Å². The summed E-state index contributed by atoms with van der Waals surface area (Å²) in [6, 6.07) is 4.51. The Morgan fingerprint density at radius 3 is 1.48 bits per heavy atom. The lowest BCUT2D eigenvalue weighted by molar-refractivity contribution is 0.469. The molecule has 0 heteroatoms. The second-order valence-electron chi connectivity index (χ2n) is 7.93. The SMILES string of the molecule is CC(C)(C)C.Cc1ccc2c(C)c(C)c(C)c(C)c2c1C. The van der Waals surface area contributed by atoms with Gasteiger partial charge in [-0.15, -0.1) is 0 Å². The van der Waals surface area contributed by atoms with Crippen molar-refractivity contribution in [2.24, 2.45) is 5.41 Å². The summed E-state index contributed by atoms with van der Waals surface area (Å²) in [5, 5.41) is 2.88. The van der Waals surface area contributed by atoms with Crippen molar-refractivity contribution in [3.8, 4) is 0 Å². The highest BCUT2D eigenvalue weighted by atomic mass is 14.2. The zero-order chi connectivity index (χ0) is 16.5. The molecular formula is C21H32. The number of benzene rings is 2. The second kappa shape index (κ2) is 6.22. The first kappa shape index (κ1) is 17.8. The van der Waals surface area contributed by atoms with Crippen molar-refractivity contribution in [2.75, 3.05) is 0 Å². The first-order chi connectivity index (χ1) is 9.45. The molecule has 0 radical (unpaired) electrons. The van der Waals surface area contributed by atoms with Crippen LogP contribution in [0.1, 0.15) is 61.1 Å². The van der Waals surface area contributed by atoms with Gasteiger partial charge in [0.1, 0.15) is 0 Å². The van der Waals surface area contributed by atoms with Crippen LogP contribution in [-0.2, 0) is 0 Å². The number of hydrogen-bond donors (Lipinski definition) is 0. The van der Waals surface area contributed by atoms with Gasteiger partial charge in [0.25, 0.3) is 0 Å². The highest BCUT2D eigenvalue weighted by molar-refractivity contribution is 5.93. The molecule has 0 unspecified atom stereocenters. The van der Waals surface area contributed by atoms with Gasteiger partial charge in [-0.3, -0.25) is 0 Å². The molecule has 0 nitrogen and oxygen atoms in total. The summed E-state index contributed by atoms with van der Waals surface area (Å²) in [6.45, 7) is 22.1. The van der Waals surface area contributed by atoms with Crippen LogP contribution in [0.4, 0.5) is 0 Å². The van der Waals surface area contributed by atoms with Gasteiger partial charge in [0.2, 0.25) is 0 Å². The maximum absolute atomic E-state index is 2.27. The van der Waals surface area contributed by atoms with E-state index in [2.05, 4.69) is 81.4 Å². The number of aryl methyl sites for hydroxylation is 4. The Kier molecular flexibility index (Phi) is 5.25. The molecule has 2 aromatic rings. The third-order valence-corrected chi connectivity index (χ3v) is 4.20. The fourth-order valence-electron chi connectivity index (χ4n) is 2.56. The summed E-state index contributed by atoms with van der Waals surface area (Å²) in [4.78, 5) is 0. The molecule has 0 heterocycles. The monoisotopic (exact) mass is 284 g/mol. The fourth-order valence-corrected chi connectivity index (χ4v) is 2.56. The third kappa shape index (κ3) is 4.09. The Morgan fingerprint density at radius 1 is 0.571 bits per heavy atom.